The molecule has 2 aliphatic heterocycles. The van der Waals surface area contributed by atoms with E-state index in [1.54, 1.807) is 30.2 Å². The molecule has 1 aromatic carbocycles. The highest BCUT2D eigenvalue weighted by molar-refractivity contribution is 6.01. The van der Waals surface area contributed by atoms with Gasteiger partial charge in [0.15, 0.2) is 29.6 Å². The van der Waals surface area contributed by atoms with E-state index in [1.165, 1.54) is 36.4 Å². The summed E-state index contributed by atoms with van der Waals surface area (Å²) in [4.78, 5) is 93.2. The maximum Gasteiger partial charge on any atom is 0.412 e. The number of likely N-dealkylation sites (tertiary alicyclic amines) is 1. The van der Waals surface area contributed by atoms with Crippen molar-refractivity contribution in [1.29, 1.82) is 0 Å². The number of esters is 2. The number of anilines is 1. The lowest BCUT2D eigenvalue weighted by molar-refractivity contribution is -0.220. The van der Waals surface area contributed by atoms with Crippen LogP contribution in [0.25, 0.3) is 10.9 Å². The van der Waals surface area contributed by atoms with E-state index in [0.717, 1.165) is 25.3 Å². The van der Waals surface area contributed by atoms with Gasteiger partial charge in [0, 0.05) is 48.6 Å². The van der Waals surface area contributed by atoms with Crippen LogP contribution in [0.5, 0.6) is 5.75 Å². The number of Topliss-reactive ketones (excluding diaryl/α,β-unsaturated/α-hetero) is 1. The number of aromatic carboxylic acids is 1. The van der Waals surface area contributed by atoms with Gasteiger partial charge in [0.2, 0.25) is 18.0 Å². The van der Waals surface area contributed by atoms with Gasteiger partial charge in [-0.15, -0.1) is 0 Å². The number of halogens is 2. The molecule has 7 aliphatic rings. The number of hydrogen-bond donors (Lipinski definition) is 3. The molecule has 17 nitrogen and oxygen atoms in total. The Morgan fingerprint density at radius 1 is 0.971 bits per heavy atom. The van der Waals surface area contributed by atoms with E-state index in [9.17, 15) is 48.9 Å². The van der Waals surface area contributed by atoms with Gasteiger partial charge in [-0.05, 0) is 94.3 Å². The summed E-state index contributed by atoms with van der Waals surface area (Å²) in [6, 6.07) is 0.539. The van der Waals surface area contributed by atoms with Crippen LogP contribution in [0.15, 0.2) is 40.9 Å². The molecule has 19 heteroatoms. The molecule has 1 amide bonds. The molecule has 366 valence electrons. The summed E-state index contributed by atoms with van der Waals surface area (Å²) < 4.78 is 56.6. The van der Waals surface area contributed by atoms with Crippen molar-refractivity contribution < 1.29 is 71.8 Å². The van der Waals surface area contributed by atoms with E-state index in [4.69, 9.17) is 18.9 Å². The van der Waals surface area contributed by atoms with Crippen molar-refractivity contribution >= 4 is 52.2 Å². The summed E-state index contributed by atoms with van der Waals surface area (Å²) in [5.74, 6) is -6.99. The fourth-order valence-corrected chi connectivity index (χ4v) is 13.3. The molecule has 0 radical (unpaired) electrons. The smallest absolute Gasteiger partial charge is 0.412 e. The number of aliphatic hydroxyl groups is 2. The van der Waals surface area contributed by atoms with Gasteiger partial charge in [-0.2, -0.15) is 0 Å². The van der Waals surface area contributed by atoms with Crippen molar-refractivity contribution in [2.24, 2.45) is 34.5 Å². The average molecular weight is 950 g/mol. The number of ketones is 2. The maximum absolute atomic E-state index is 17.5. The zero-order valence-corrected chi connectivity index (χ0v) is 38.5. The lowest BCUT2D eigenvalue weighted by atomic mass is 9.44. The van der Waals surface area contributed by atoms with Crippen molar-refractivity contribution in [2.45, 2.75) is 114 Å². The fraction of sp³-hybridized carbons (Fsp3) is 0.612. The lowest BCUT2D eigenvalue weighted by Gasteiger charge is -2.62. The van der Waals surface area contributed by atoms with Crippen LogP contribution in [0.2, 0.25) is 0 Å². The maximum atomic E-state index is 17.5. The SMILES string of the molecule is COc1c(N2CC3CCCN(C(=O)OCOC(=O)CCC(=O)OCC(=O)[C@@]4(O)[C@@H](C)CC5C6CCC7=CC(=O)C=C[C@]7(C)[C@@]6(F)[C@@H](O)C[C@@]54C)C3C2)c(F)cc2c(=O)c(C(=O)O)cn(C3CC3)c12. The number of amides is 1. The van der Waals surface area contributed by atoms with E-state index in [2.05, 4.69) is 0 Å². The topological polar surface area (TPSA) is 229 Å². The van der Waals surface area contributed by atoms with Crippen molar-refractivity contribution in [3.8, 4) is 5.75 Å². The normalized spacial score (nSPS) is 33.8. The van der Waals surface area contributed by atoms with Crippen LogP contribution in [0.3, 0.4) is 0 Å². The summed E-state index contributed by atoms with van der Waals surface area (Å²) in [6.07, 6.45) is 5.84. The highest BCUT2D eigenvalue weighted by Gasteiger charge is 2.75. The van der Waals surface area contributed by atoms with Gasteiger partial charge >= 0.3 is 24.0 Å². The number of benzene rings is 1. The minimum Gasteiger partial charge on any atom is -0.492 e. The molecule has 2 aromatic rings. The first-order chi connectivity index (χ1) is 32.2. The second kappa shape index (κ2) is 17.1. The number of carbonyl (C=O) groups is 6. The van der Waals surface area contributed by atoms with Gasteiger partial charge in [-0.3, -0.25) is 24.0 Å². The second-order valence-electron chi connectivity index (χ2n) is 20.3. The molecule has 10 atom stereocenters. The Hall–Kier alpha value is -5.69. The zero-order valence-electron chi connectivity index (χ0n) is 38.5. The Morgan fingerprint density at radius 3 is 2.38 bits per heavy atom. The quantitative estimate of drug-likeness (QED) is 0.189. The second-order valence-corrected chi connectivity index (χ2v) is 20.3. The third kappa shape index (κ3) is 7.23. The van der Waals surface area contributed by atoms with Gasteiger partial charge in [-0.1, -0.05) is 25.5 Å². The molecule has 0 spiro atoms. The van der Waals surface area contributed by atoms with E-state index in [0.29, 0.717) is 43.4 Å². The van der Waals surface area contributed by atoms with Gasteiger partial charge in [-0.25, -0.2) is 18.4 Å². The van der Waals surface area contributed by atoms with E-state index >= 15 is 8.78 Å². The van der Waals surface area contributed by atoms with Crippen molar-refractivity contribution in [3.63, 3.8) is 0 Å². The first kappa shape index (κ1) is 47.4. The number of methoxy groups -OCH3 is 1. The number of nitrogens with zero attached hydrogens (tertiary/aromatic N) is 3. The summed E-state index contributed by atoms with van der Waals surface area (Å²) in [7, 11) is 1.35. The molecule has 3 N–H and O–H groups in total. The van der Waals surface area contributed by atoms with Crippen molar-refractivity contribution in [2.75, 3.05) is 45.0 Å². The highest BCUT2D eigenvalue weighted by atomic mass is 19.1. The number of alkyl halides is 1. The molecular formula is C49H57F2N3O14. The number of rotatable bonds is 12. The number of aromatic nitrogens is 1. The predicted octanol–water partition coefficient (Wildman–Crippen LogP) is 4.96. The molecule has 0 bridgehead atoms. The molecule has 68 heavy (non-hydrogen) atoms. The van der Waals surface area contributed by atoms with Crippen molar-refractivity contribution in [1.82, 2.24) is 9.47 Å². The van der Waals surface area contributed by atoms with E-state index < -0.39 is 125 Å². The van der Waals surface area contributed by atoms with Gasteiger partial charge in [0.1, 0.15) is 16.9 Å². The van der Waals surface area contributed by atoms with E-state index in [1.807, 2.05) is 0 Å². The van der Waals surface area contributed by atoms with Crippen LogP contribution < -0.4 is 15.1 Å². The van der Waals surface area contributed by atoms with Gasteiger partial charge in [0.05, 0.1) is 43.0 Å². The zero-order chi connectivity index (χ0) is 48.8. The Balaban J connectivity index is 0.773. The fourth-order valence-electron chi connectivity index (χ4n) is 13.3. The molecule has 2 saturated heterocycles. The third-order valence-electron chi connectivity index (χ3n) is 16.9. The number of carboxylic acids is 1. The van der Waals surface area contributed by atoms with Crippen LogP contribution in [0.4, 0.5) is 19.3 Å². The number of ether oxygens (including phenoxy) is 4. The average Bonchev–Trinajstić information content (AvgIpc) is 4.02. The van der Waals surface area contributed by atoms with Crippen LogP contribution in [-0.2, 0) is 33.4 Å². The van der Waals surface area contributed by atoms with Gasteiger partial charge < -0.3 is 48.6 Å². The standard InChI is InChI=1S/C49H57F2N3O14/c1-25-16-33-32-10-7-27-17-29(55)13-14-46(27,2)48(32,51)36(56)19-47(33,3)49(25,64)37(57)23-66-38(58)11-12-39(59)67-24-68-45(63)53-15-5-6-26-20-52(22-35(26)53)41-34(50)18-30-40(43(41)65-4)54(28-8-9-28)21-31(42(30)60)44(61)62/h13-14,17-18,21,25-26,28,32-33,35-36,56,64H,5-12,15-16,19-20,22-24H2,1-4H3,(H,61,62)/t25-,26?,32?,33?,35?,36-,46-,47-,48-,49-/m0/s1. The summed E-state index contributed by atoms with van der Waals surface area (Å²) in [5, 5.41) is 33.4. The number of fused-ring (bicyclic) bond motifs is 7. The number of allylic oxidation sites excluding steroid dienone is 4. The van der Waals surface area contributed by atoms with Crippen LogP contribution in [0.1, 0.15) is 101 Å². The minimum atomic E-state index is -2.15. The van der Waals surface area contributed by atoms with Crippen LogP contribution in [-0.4, -0.2) is 124 Å². The first-order valence-electron chi connectivity index (χ1n) is 23.4. The van der Waals surface area contributed by atoms with Crippen LogP contribution >= 0.6 is 0 Å². The molecular weight excluding hydrogens is 893 g/mol. The summed E-state index contributed by atoms with van der Waals surface area (Å²) in [6.45, 7) is 4.28. The molecule has 3 heterocycles. The minimum absolute atomic E-state index is 0.0813. The molecule has 6 fully saturated rings. The molecule has 9 rings (SSSR count). The molecule has 1 aromatic heterocycles. The largest absolute Gasteiger partial charge is 0.492 e. The summed E-state index contributed by atoms with van der Waals surface area (Å²) >= 11 is 0. The summed E-state index contributed by atoms with van der Waals surface area (Å²) in [5.41, 5.74) is -7.02. The monoisotopic (exact) mass is 949 g/mol. The third-order valence-corrected chi connectivity index (χ3v) is 16.9. The number of carboxylic acid groups (broad SMARTS) is 1. The van der Waals surface area contributed by atoms with Crippen LogP contribution in [0, 0.1) is 40.3 Å². The number of carbonyl (C=O) groups excluding carboxylic acids is 5. The molecule has 4 unspecified atom stereocenters. The Morgan fingerprint density at radius 2 is 1.69 bits per heavy atom. The van der Waals surface area contributed by atoms with E-state index in [-0.39, 0.29) is 54.0 Å². The molecule has 5 aliphatic carbocycles. The number of piperidine rings is 1. The highest BCUT2D eigenvalue weighted by Crippen LogP contribution is 2.70. The number of hydrogen-bond acceptors (Lipinski definition) is 14. The lowest BCUT2D eigenvalue weighted by Crippen LogP contribution is -2.69. The Labute approximate surface area is 390 Å². The van der Waals surface area contributed by atoms with Gasteiger partial charge in [0.25, 0.3) is 0 Å². The van der Waals surface area contributed by atoms with Crippen molar-refractivity contribution in [3.05, 3.63) is 57.7 Å². The number of pyridine rings is 1. The number of aliphatic hydroxyl groups excluding tert-OH is 1. The predicted molar refractivity (Wildman–Crippen MR) is 236 cm³/mol. The Bertz CT molecular complexity index is 2630. The molecule has 4 saturated carbocycles. The Kier molecular flexibility index (Phi) is 11.9. The first-order valence-corrected chi connectivity index (χ1v) is 23.4.